The lowest BCUT2D eigenvalue weighted by atomic mass is 10.1. The number of amides is 1. The van der Waals surface area contributed by atoms with Gasteiger partial charge in [0, 0.05) is 30.3 Å². The zero-order chi connectivity index (χ0) is 21.8. The van der Waals surface area contributed by atoms with Crippen molar-refractivity contribution < 1.29 is 23.5 Å². The summed E-state index contributed by atoms with van der Waals surface area (Å²) in [5, 5.41) is 4.00. The Morgan fingerprint density at radius 1 is 1.35 bits per heavy atom. The van der Waals surface area contributed by atoms with Gasteiger partial charge in [-0.2, -0.15) is 5.10 Å². The predicted octanol–water partition coefficient (Wildman–Crippen LogP) is 2.52. The van der Waals surface area contributed by atoms with Gasteiger partial charge in [-0.05, 0) is 36.8 Å². The first kappa shape index (κ1) is 20.6. The second kappa shape index (κ2) is 8.99. The molecule has 0 unspecified atom stereocenters. The van der Waals surface area contributed by atoms with Gasteiger partial charge in [0.2, 0.25) is 0 Å². The van der Waals surface area contributed by atoms with Gasteiger partial charge in [0.05, 0.1) is 25.9 Å². The molecule has 1 aromatic heterocycles. The number of halogens is 1. The normalized spacial score (nSPS) is 18.0. The van der Waals surface area contributed by atoms with E-state index in [1.165, 1.54) is 18.1 Å². The summed E-state index contributed by atoms with van der Waals surface area (Å²) in [6, 6.07) is 8.19. The summed E-state index contributed by atoms with van der Waals surface area (Å²) in [6.45, 7) is 1.71. The van der Waals surface area contributed by atoms with Crippen LogP contribution in [-0.4, -0.2) is 56.2 Å². The number of aromatic nitrogens is 1. The number of esters is 1. The van der Waals surface area contributed by atoms with E-state index in [1.54, 1.807) is 30.7 Å². The van der Waals surface area contributed by atoms with E-state index in [-0.39, 0.29) is 18.9 Å². The molecule has 1 saturated heterocycles. The number of hydrazone groups is 1. The Hall–Kier alpha value is -3.69. The summed E-state index contributed by atoms with van der Waals surface area (Å²) in [5.41, 5.74) is 4.27. The molecule has 1 N–H and O–H groups in total. The van der Waals surface area contributed by atoms with E-state index < -0.39 is 18.0 Å². The third kappa shape index (κ3) is 4.57. The van der Waals surface area contributed by atoms with Crippen LogP contribution in [0.2, 0.25) is 0 Å². The van der Waals surface area contributed by atoms with Gasteiger partial charge in [0.25, 0.3) is 0 Å². The first-order chi connectivity index (χ1) is 15.0. The van der Waals surface area contributed by atoms with E-state index in [2.05, 4.69) is 20.2 Å². The highest BCUT2D eigenvalue weighted by Crippen LogP contribution is 2.30. The van der Waals surface area contributed by atoms with Crippen LogP contribution in [0.4, 0.5) is 20.7 Å². The fourth-order valence-electron chi connectivity index (χ4n) is 3.46. The summed E-state index contributed by atoms with van der Waals surface area (Å²) < 4.78 is 24.7. The molecule has 1 aromatic carbocycles. The molecule has 3 heterocycles. The zero-order valence-electron chi connectivity index (χ0n) is 17.0. The number of nitrogens with zero attached hydrogens (tertiary/aromatic N) is 4. The number of hydrogen-bond acceptors (Lipinski definition) is 8. The van der Waals surface area contributed by atoms with E-state index in [0.29, 0.717) is 23.2 Å². The van der Waals surface area contributed by atoms with E-state index in [1.807, 2.05) is 11.0 Å². The molecule has 0 radical (unpaired) electrons. The Morgan fingerprint density at radius 2 is 2.23 bits per heavy atom. The van der Waals surface area contributed by atoms with Crippen LogP contribution in [0.15, 0.2) is 41.6 Å². The van der Waals surface area contributed by atoms with Crippen LogP contribution in [0.25, 0.3) is 11.1 Å². The minimum atomic E-state index is -0.564. The number of carbonyl (C=O) groups excluding carboxylic acids is 2. The largest absolute Gasteiger partial charge is 0.469 e. The summed E-state index contributed by atoms with van der Waals surface area (Å²) in [4.78, 5) is 31.1. The molecular weight excluding hydrogens is 405 g/mol. The van der Waals surface area contributed by atoms with Gasteiger partial charge in [0.15, 0.2) is 0 Å². The standard InChI is InChI=1S/C21H22FN5O4/c1-30-20(28)7-4-16-12-27(21(29)31-16)15-3-5-17(18(22)10-15)14-2-6-19(23-11-14)26-9-8-24-25-13-26/h2-3,5-6,10-11,13,16,24H,4,7-9,12H2,1H3/t16-/m0/s1. The number of rotatable bonds is 6. The van der Waals surface area contributed by atoms with E-state index in [0.717, 1.165) is 18.9 Å². The van der Waals surface area contributed by atoms with Gasteiger partial charge < -0.3 is 19.8 Å². The summed E-state index contributed by atoms with van der Waals surface area (Å²) >= 11 is 0. The molecule has 2 aliphatic heterocycles. The first-order valence-corrected chi connectivity index (χ1v) is 9.89. The maximum atomic E-state index is 14.9. The molecule has 2 aliphatic rings. The monoisotopic (exact) mass is 427 g/mol. The molecule has 162 valence electrons. The van der Waals surface area contributed by atoms with Gasteiger partial charge in [-0.1, -0.05) is 0 Å². The Morgan fingerprint density at radius 3 is 2.90 bits per heavy atom. The zero-order valence-corrected chi connectivity index (χ0v) is 17.0. The van der Waals surface area contributed by atoms with E-state index in [9.17, 15) is 14.0 Å². The summed E-state index contributed by atoms with van der Waals surface area (Å²) in [5.74, 6) is -0.112. The fraction of sp³-hybridized carbons (Fsp3) is 0.333. The minimum Gasteiger partial charge on any atom is -0.469 e. The molecule has 9 nitrogen and oxygen atoms in total. The lowest BCUT2D eigenvalue weighted by Crippen LogP contribution is -2.35. The molecule has 1 amide bonds. The molecule has 2 aromatic rings. The number of cyclic esters (lactones) is 1. The van der Waals surface area contributed by atoms with Crippen molar-refractivity contribution in [3.63, 3.8) is 0 Å². The molecule has 0 aliphatic carbocycles. The second-order valence-corrected chi connectivity index (χ2v) is 7.15. The van der Waals surface area contributed by atoms with Gasteiger partial charge in [-0.25, -0.2) is 14.2 Å². The molecule has 1 fully saturated rings. The highest BCUT2D eigenvalue weighted by molar-refractivity contribution is 5.90. The number of methoxy groups -OCH3 is 1. The summed E-state index contributed by atoms with van der Waals surface area (Å²) in [6.07, 6.45) is 2.76. The maximum absolute atomic E-state index is 14.9. The van der Waals surface area contributed by atoms with Crippen molar-refractivity contribution in [2.75, 3.05) is 36.5 Å². The molecule has 1 atom stereocenters. The third-order valence-corrected chi connectivity index (χ3v) is 5.14. The predicted molar refractivity (Wildman–Crippen MR) is 112 cm³/mol. The van der Waals surface area contributed by atoms with Gasteiger partial charge in [-0.15, -0.1) is 0 Å². The number of anilines is 2. The molecule has 0 spiro atoms. The topological polar surface area (TPSA) is 96.4 Å². The number of hydrogen-bond donors (Lipinski definition) is 1. The molecule has 31 heavy (non-hydrogen) atoms. The van der Waals surface area contributed by atoms with Crippen molar-refractivity contribution in [2.24, 2.45) is 5.10 Å². The highest BCUT2D eigenvalue weighted by atomic mass is 19.1. The van der Waals surface area contributed by atoms with Crippen LogP contribution in [0, 0.1) is 5.82 Å². The first-order valence-electron chi connectivity index (χ1n) is 9.89. The van der Waals surface area contributed by atoms with E-state index in [4.69, 9.17) is 4.74 Å². The SMILES string of the molecule is COC(=O)CC[C@H]1CN(c2ccc(-c3ccc(N4C=NNCC4)nc3)c(F)c2)C(=O)O1. The van der Waals surface area contributed by atoms with Crippen LogP contribution in [0.3, 0.4) is 0 Å². The Bertz CT molecular complexity index is 998. The van der Waals surface area contributed by atoms with Crippen LogP contribution >= 0.6 is 0 Å². The van der Waals surface area contributed by atoms with Crippen molar-refractivity contribution in [3.8, 4) is 11.1 Å². The quantitative estimate of drug-likeness (QED) is 0.708. The van der Waals surface area contributed by atoms with Crippen molar-refractivity contribution in [3.05, 3.63) is 42.3 Å². The number of ether oxygens (including phenoxy) is 2. The van der Waals surface area contributed by atoms with Crippen LogP contribution in [0.1, 0.15) is 12.8 Å². The average molecular weight is 427 g/mol. The highest BCUT2D eigenvalue weighted by Gasteiger charge is 2.33. The Labute approximate surface area is 178 Å². The van der Waals surface area contributed by atoms with E-state index >= 15 is 0 Å². The number of benzene rings is 1. The van der Waals surface area contributed by atoms with Gasteiger partial charge >= 0.3 is 12.1 Å². The minimum absolute atomic E-state index is 0.151. The lowest BCUT2D eigenvalue weighted by molar-refractivity contribution is -0.141. The molecule has 4 rings (SSSR count). The number of pyridine rings is 1. The molecule has 0 saturated carbocycles. The van der Waals surface area contributed by atoms with Crippen LogP contribution in [0.5, 0.6) is 0 Å². The van der Waals surface area contributed by atoms with Crippen LogP contribution in [-0.2, 0) is 14.3 Å². The number of carbonyl (C=O) groups is 2. The Kier molecular flexibility index (Phi) is 5.96. The van der Waals surface area contributed by atoms with Crippen molar-refractivity contribution in [1.29, 1.82) is 0 Å². The van der Waals surface area contributed by atoms with Crippen molar-refractivity contribution in [1.82, 2.24) is 10.4 Å². The second-order valence-electron chi connectivity index (χ2n) is 7.15. The third-order valence-electron chi connectivity index (χ3n) is 5.14. The van der Waals surface area contributed by atoms with Gasteiger partial charge in [0.1, 0.15) is 24.1 Å². The van der Waals surface area contributed by atoms with Gasteiger partial charge in [-0.3, -0.25) is 9.69 Å². The molecular formula is C21H22FN5O4. The Balaban J connectivity index is 1.45. The average Bonchev–Trinajstić information content (AvgIpc) is 3.18. The smallest absolute Gasteiger partial charge is 0.414 e. The molecule has 10 heteroatoms. The summed E-state index contributed by atoms with van der Waals surface area (Å²) in [7, 11) is 1.31. The van der Waals surface area contributed by atoms with Crippen molar-refractivity contribution in [2.45, 2.75) is 18.9 Å². The fourth-order valence-corrected chi connectivity index (χ4v) is 3.46. The molecule has 0 bridgehead atoms. The maximum Gasteiger partial charge on any atom is 0.414 e. The van der Waals surface area contributed by atoms with Crippen LogP contribution < -0.4 is 15.2 Å². The van der Waals surface area contributed by atoms with Crippen molar-refractivity contribution >= 4 is 29.9 Å². The lowest BCUT2D eigenvalue weighted by Gasteiger charge is -2.21. The number of nitrogens with one attached hydrogen (secondary N) is 1.